The first kappa shape index (κ1) is 22.5. The summed E-state index contributed by atoms with van der Waals surface area (Å²) in [6.45, 7) is 1.29. The van der Waals surface area contributed by atoms with Crippen LogP contribution in [0.5, 0.6) is 0 Å². The lowest BCUT2D eigenvalue weighted by Crippen LogP contribution is -2.40. The van der Waals surface area contributed by atoms with E-state index in [0.717, 1.165) is 31.4 Å². The fraction of sp³-hybridized carbons (Fsp3) is 0.560. The lowest BCUT2D eigenvalue weighted by atomic mass is 9.90. The van der Waals surface area contributed by atoms with Gasteiger partial charge in [0.2, 0.25) is 5.91 Å². The van der Waals surface area contributed by atoms with Gasteiger partial charge < -0.3 is 9.80 Å². The number of halogens is 1. The summed E-state index contributed by atoms with van der Waals surface area (Å²) < 4.78 is 13.8. The number of carbonyl (C=O) groups is 2. The van der Waals surface area contributed by atoms with Gasteiger partial charge in [-0.3, -0.25) is 14.7 Å². The van der Waals surface area contributed by atoms with Crippen molar-refractivity contribution in [3.63, 3.8) is 0 Å². The number of nitrogens with one attached hydrogen (secondary N) is 1. The van der Waals surface area contributed by atoms with Crippen LogP contribution in [0, 0.1) is 5.82 Å². The van der Waals surface area contributed by atoms with Gasteiger partial charge in [-0.15, -0.1) is 0 Å². The molecule has 172 valence electrons. The smallest absolute Gasteiger partial charge is 0.257 e. The van der Waals surface area contributed by atoms with Crippen molar-refractivity contribution in [1.82, 2.24) is 20.0 Å². The van der Waals surface area contributed by atoms with Gasteiger partial charge in [0.25, 0.3) is 5.91 Å². The molecule has 1 aliphatic heterocycles. The SMILES string of the molecule is CN(C(=O)c1cn[nH]c1C1CCN(C(=O)CCc2ccccc2F)CC1)C1CCCCC1. The number of piperidine rings is 1. The Morgan fingerprint density at radius 1 is 1.12 bits per heavy atom. The van der Waals surface area contributed by atoms with Crippen LogP contribution in [0.1, 0.15) is 78.9 Å². The van der Waals surface area contributed by atoms with Crippen molar-refractivity contribution in [2.75, 3.05) is 20.1 Å². The van der Waals surface area contributed by atoms with E-state index < -0.39 is 0 Å². The Kier molecular flexibility index (Phi) is 7.22. The molecule has 7 heteroatoms. The van der Waals surface area contributed by atoms with Gasteiger partial charge in [-0.05, 0) is 43.7 Å². The molecule has 1 aliphatic carbocycles. The van der Waals surface area contributed by atoms with Crippen molar-refractivity contribution in [1.29, 1.82) is 0 Å². The van der Waals surface area contributed by atoms with Crippen molar-refractivity contribution in [2.45, 2.75) is 69.7 Å². The number of nitrogens with zero attached hydrogens (tertiary/aromatic N) is 3. The second-order valence-corrected chi connectivity index (χ2v) is 9.15. The van der Waals surface area contributed by atoms with Crippen LogP contribution in [0.4, 0.5) is 4.39 Å². The molecule has 1 saturated heterocycles. The van der Waals surface area contributed by atoms with Crippen LogP contribution in [0.15, 0.2) is 30.5 Å². The molecule has 2 fully saturated rings. The largest absolute Gasteiger partial charge is 0.343 e. The molecule has 0 unspecified atom stereocenters. The second-order valence-electron chi connectivity index (χ2n) is 9.15. The molecular formula is C25H33FN4O2. The van der Waals surface area contributed by atoms with Gasteiger partial charge in [0, 0.05) is 38.5 Å². The lowest BCUT2D eigenvalue weighted by Gasteiger charge is -2.33. The van der Waals surface area contributed by atoms with Crippen LogP contribution in [-0.2, 0) is 11.2 Å². The van der Waals surface area contributed by atoms with Crippen LogP contribution < -0.4 is 0 Å². The summed E-state index contributed by atoms with van der Waals surface area (Å²) in [7, 11) is 1.91. The van der Waals surface area contributed by atoms with Crippen molar-refractivity contribution in [2.24, 2.45) is 0 Å². The first-order valence-corrected chi connectivity index (χ1v) is 11.9. The zero-order valence-electron chi connectivity index (χ0n) is 18.9. The van der Waals surface area contributed by atoms with E-state index in [1.165, 1.54) is 25.3 Å². The molecular weight excluding hydrogens is 407 g/mol. The second kappa shape index (κ2) is 10.3. The molecule has 6 nitrogen and oxygen atoms in total. The Morgan fingerprint density at radius 3 is 2.56 bits per heavy atom. The van der Waals surface area contributed by atoms with Crippen LogP contribution in [0.25, 0.3) is 0 Å². The third-order valence-corrected chi connectivity index (χ3v) is 7.16. The number of likely N-dealkylation sites (tertiary alicyclic amines) is 1. The number of hydrogen-bond donors (Lipinski definition) is 1. The number of aryl methyl sites for hydroxylation is 1. The number of benzene rings is 1. The van der Waals surface area contributed by atoms with E-state index in [0.29, 0.717) is 43.1 Å². The molecule has 2 amide bonds. The molecule has 1 N–H and O–H groups in total. The summed E-state index contributed by atoms with van der Waals surface area (Å²) in [5, 5.41) is 7.25. The van der Waals surface area contributed by atoms with Crippen molar-refractivity contribution in [3.8, 4) is 0 Å². The van der Waals surface area contributed by atoms with E-state index in [4.69, 9.17) is 0 Å². The predicted molar refractivity (Wildman–Crippen MR) is 121 cm³/mol. The van der Waals surface area contributed by atoms with E-state index in [-0.39, 0.29) is 23.5 Å². The predicted octanol–water partition coefficient (Wildman–Crippen LogP) is 4.29. The normalized spacial score (nSPS) is 18.0. The maximum absolute atomic E-state index is 13.8. The maximum Gasteiger partial charge on any atom is 0.257 e. The van der Waals surface area contributed by atoms with Crippen molar-refractivity contribution < 1.29 is 14.0 Å². The third-order valence-electron chi connectivity index (χ3n) is 7.16. The molecule has 2 aromatic rings. The minimum Gasteiger partial charge on any atom is -0.343 e. The quantitative estimate of drug-likeness (QED) is 0.728. The average molecular weight is 441 g/mol. The Labute approximate surface area is 189 Å². The molecule has 0 atom stereocenters. The number of carbonyl (C=O) groups excluding carboxylic acids is 2. The molecule has 32 heavy (non-hydrogen) atoms. The fourth-order valence-corrected chi connectivity index (χ4v) is 5.12. The summed E-state index contributed by atoms with van der Waals surface area (Å²) in [4.78, 5) is 29.6. The lowest BCUT2D eigenvalue weighted by molar-refractivity contribution is -0.132. The van der Waals surface area contributed by atoms with Gasteiger partial charge in [0.05, 0.1) is 17.5 Å². The third kappa shape index (κ3) is 5.03. The highest BCUT2D eigenvalue weighted by atomic mass is 19.1. The van der Waals surface area contributed by atoms with Crippen LogP contribution >= 0.6 is 0 Å². The van der Waals surface area contributed by atoms with Gasteiger partial charge >= 0.3 is 0 Å². The van der Waals surface area contributed by atoms with Gasteiger partial charge in [-0.25, -0.2) is 4.39 Å². The summed E-state index contributed by atoms with van der Waals surface area (Å²) in [5.41, 5.74) is 2.15. The highest BCUT2D eigenvalue weighted by Crippen LogP contribution is 2.31. The Morgan fingerprint density at radius 2 is 1.84 bits per heavy atom. The van der Waals surface area contributed by atoms with Gasteiger partial charge in [-0.2, -0.15) is 5.10 Å². The first-order chi connectivity index (χ1) is 15.5. The highest BCUT2D eigenvalue weighted by molar-refractivity contribution is 5.95. The number of aromatic amines is 1. The highest BCUT2D eigenvalue weighted by Gasteiger charge is 2.30. The zero-order chi connectivity index (χ0) is 22.5. The van der Waals surface area contributed by atoms with Crippen molar-refractivity contribution >= 4 is 11.8 Å². The molecule has 2 aliphatic rings. The summed E-state index contributed by atoms with van der Waals surface area (Å²) in [6.07, 6.45) is 9.74. The standard InChI is InChI=1S/C25H33FN4O2/c1-29(20-8-3-2-4-9-20)25(32)21-17-27-28-24(21)19-13-15-30(16-14-19)23(31)12-11-18-7-5-6-10-22(18)26/h5-7,10,17,19-20H,2-4,8-9,11-16H2,1H3,(H,27,28). The summed E-state index contributed by atoms with van der Waals surface area (Å²) >= 11 is 0. The number of hydrogen-bond acceptors (Lipinski definition) is 3. The Balaban J connectivity index is 1.32. The van der Waals surface area contributed by atoms with Crippen molar-refractivity contribution in [3.05, 3.63) is 53.1 Å². The molecule has 1 aromatic heterocycles. The van der Waals surface area contributed by atoms with Crippen LogP contribution in [0.2, 0.25) is 0 Å². The number of H-pyrrole nitrogens is 1. The zero-order valence-corrected chi connectivity index (χ0v) is 18.9. The van der Waals surface area contributed by atoms with Crippen LogP contribution in [-0.4, -0.2) is 58.0 Å². The molecule has 1 saturated carbocycles. The number of aromatic nitrogens is 2. The van der Waals surface area contributed by atoms with E-state index in [1.54, 1.807) is 24.4 Å². The molecule has 0 bridgehead atoms. The molecule has 2 heterocycles. The minimum absolute atomic E-state index is 0.0454. The maximum atomic E-state index is 13.8. The van der Waals surface area contributed by atoms with Gasteiger partial charge in [-0.1, -0.05) is 37.5 Å². The van der Waals surface area contributed by atoms with E-state index in [9.17, 15) is 14.0 Å². The molecule has 0 spiro atoms. The average Bonchev–Trinajstić information content (AvgIpc) is 3.33. The Hall–Kier alpha value is -2.70. The number of rotatable bonds is 6. The van der Waals surface area contributed by atoms with Gasteiger partial charge in [0.15, 0.2) is 0 Å². The molecule has 1 aromatic carbocycles. The van der Waals surface area contributed by atoms with E-state index >= 15 is 0 Å². The Bertz CT molecular complexity index is 930. The summed E-state index contributed by atoms with van der Waals surface area (Å²) in [5.74, 6) is 0.0363. The topological polar surface area (TPSA) is 69.3 Å². The van der Waals surface area contributed by atoms with E-state index in [2.05, 4.69) is 10.2 Å². The summed E-state index contributed by atoms with van der Waals surface area (Å²) in [6, 6.07) is 6.93. The van der Waals surface area contributed by atoms with Gasteiger partial charge in [0.1, 0.15) is 5.82 Å². The first-order valence-electron chi connectivity index (χ1n) is 11.9. The monoisotopic (exact) mass is 440 g/mol. The fourth-order valence-electron chi connectivity index (χ4n) is 5.12. The molecule has 0 radical (unpaired) electrons. The van der Waals surface area contributed by atoms with E-state index in [1.807, 2.05) is 16.8 Å². The van der Waals surface area contributed by atoms with Crippen LogP contribution in [0.3, 0.4) is 0 Å². The molecule has 4 rings (SSSR count). The minimum atomic E-state index is -0.256. The number of amides is 2.